The van der Waals surface area contributed by atoms with Crippen molar-refractivity contribution in [2.45, 2.75) is 19.9 Å². The van der Waals surface area contributed by atoms with Crippen molar-refractivity contribution in [3.05, 3.63) is 77.6 Å². The third kappa shape index (κ3) is 3.55. The van der Waals surface area contributed by atoms with Crippen LogP contribution in [-0.2, 0) is 0 Å². The largest absolute Gasteiger partial charge is 0.306 e. The van der Waals surface area contributed by atoms with Gasteiger partial charge in [0.05, 0.1) is 0 Å². The fourth-order valence-corrected chi connectivity index (χ4v) is 2.05. The zero-order chi connectivity index (χ0) is 14.5. The van der Waals surface area contributed by atoms with E-state index in [9.17, 15) is 4.39 Å². The number of benzene rings is 2. The SMILES string of the molecule is C=C(CNC(C)c1ccc(C)c(F)c1)c1ccccc1. The Bertz CT molecular complexity index is 590. The average Bonchev–Trinajstić information content (AvgIpc) is 2.48. The van der Waals surface area contributed by atoms with Crippen molar-refractivity contribution >= 4 is 5.57 Å². The highest BCUT2D eigenvalue weighted by molar-refractivity contribution is 5.64. The van der Waals surface area contributed by atoms with Gasteiger partial charge in [0.25, 0.3) is 0 Å². The Morgan fingerprint density at radius 3 is 2.55 bits per heavy atom. The molecule has 0 aliphatic carbocycles. The molecule has 0 amide bonds. The van der Waals surface area contributed by atoms with E-state index < -0.39 is 0 Å². The molecular formula is C18H20FN. The van der Waals surface area contributed by atoms with Gasteiger partial charge in [-0.25, -0.2) is 4.39 Å². The van der Waals surface area contributed by atoms with Gasteiger partial charge >= 0.3 is 0 Å². The summed E-state index contributed by atoms with van der Waals surface area (Å²) in [5.74, 6) is -0.155. The lowest BCUT2D eigenvalue weighted by Crippen LogP contribution is -2.20. The zero-order valence-electron chi connectivity index (χ0n) is 12.0. The fraction of sp³-hybridized carbons (Fsp3) is 0.222. The van der Waals surface area contributed by atoms with Crippen LogP contribution in [0.2, 0.25) is 0 Å². The monoisotopic (exact) mass is 269 g/mol. The van der Waals surface area contributed by atoms with E-state index in [1.807, 2.05) is 49.4 Å². The van der Waals surface area contributed by atoms with Gasteiger partial charge in [-0.05, 0) is 42.2 Å². The number of nitrogens with one attached hydrogen (secondary N) is 1. The molecule has 1 atom stereocenters. The maximum absolute atomic E-state index is 13.6. The molecule has 2 aromatic rings. The number of halogens is 1. The Hall–Kier alpha value is -1.93. The first-order valence-corrected chi connectivity index (χ1v) is 6.80. The highest BCUT2D eigenvalue weighted by Gasteiger charge is 2.08. The van der Waals surface area contributed by atoms with Gasteiger partial charge in [0.1, 0.15) is 5.82 Å². The standard InChI is InChI=1S/C18H20FN/c1-13-9-10-17(11-18(13)19)15(3)20-12-14(2)16-7-5-4-6-8-16/h4-11,15,20H,2,12H2,1,3H3. The van der Waals surface area contributed by atoms with Crippen LogP contribution in [0.15, 0.2) is 55.1 Å². The Kier molecular flexibility index (Phi) is 4.70. The van der Waals surface area contributed by atoms with Crippen molar-refractivity contribution in [2.24, 2.45) is 0 Å². The number of hydrogen-bond donors (Lipinski definition) is 1. The Morgan fingerprint density at radius 2 is 1.90 bits per heavy atom. The molecule has 0 spiro atoms. The maximum atomic E-state index is 13.6. The minimum Gasteiger partial charge on any atom is -0.306 e. The summed E-state index contributed by atoms with van der Waals surface area (Å²) in [5.41, 5.74) is 3.79. The topological polar surface area (TPSA) is 12.0 Å². The lowest BCUT2D eigenvalue weighted by molar-refractivity contribution is 0.592. The van der Waals surface area contributed by atoms with E-state index in [2.05, 4.69) is 11.9 Å². The average molecular weight is 269 g/mol. The van der Waals surface area contributed by atoms with E-state index >= 15 is 0 Å². The summed E-state index contributed by atoms with van der Waals surface area (Å²) in [5, 5.41) is 3.38. The van der Waals surface area contributed by atoms with Crippen LogP contribution in [0.4, 0.5) is 4.39 Å². The molecule has 1 nitrogen and oxygen atoms in total. The van der Waals surface area contributed by atoms with E-state index in [1.165, 1.54) is 0 Å². The van der Waals surface area contributed by atoms with Gasteiger partial charge in [-0.15, -0.1) is 0 Å². The van der Waals surface area contributed by atoms with Gasteiger partial charge in [-0.2, -0.15) is 0 Å². The summed E-state index contributed by atoms with van der Waals surface area (Å²) in [6.45, 7) is 8.57. The second-order valence-corrected chi connectivity index (χ2v) is 5.08. The van der Waals surface area contributed by atoms with Crippen LogP contribution in [0.5, 0.6) is 0 Å². The van der Waals surface area contributed by atoms with E-state index in [0.717, 1.165) is 16.7 Å². The summed E-state index contributed by atoms with van der Waals surface area (Å²) in [7, 11) is 0. The maximum Gasteiger partial charge on any atom is 0.126 e. The highest BCUT2D eigenvalue weighted by atomic mass is 19.1. The fourth-order valence-electron chi connectivity index (χ4n) is 2.05. The molecule has 0 radical (unpaired) electrons. The van der Waals surface area contributed by atoms with Gasteiger partial charge in [0.2, 0.25) is 0 Å². The van der Waals surface area contributed by atoms with Gasteiger partial charge in [-0.1, -0.05) is 49.0 Å². The molecule has 2 aromatic carbocycles. The molecule has 0 heterocycles. The van der Waals surface area contributed by atoms with Crippen LogP contribution in [0.25, 0.3) is 5.57 Å². The Labute approximate surface area is 120 Å². The second-order valence-electron chi connectivity index (χ2n) is 5.08. The molecule has 0 fully saturated rings. The first-order chi connectivity index (χ1) is 9.58. The van der Waals surface area contributed by atoms with Crippen molar-refractivity contribution in [1.82, 2.24) is 5.32 Å². The Balaban J connectivity index is 1.96. The first-order valence-electron chi connectivity index (χ1n) is 6.80. The smallest absolute Gasteiger partial charge is 0.126 e. The lowest BCUT2D eigenvalue weighted by atomic mass is 10.0. The van der Waals surface area contributed by atoms with Gasteiger partial charge in [-0.3, -0.25) is 0 Å². The minimum atomic E-state index is -0.155. The van der Waals surface area contributed by atoms with Crippen LogP contribution < -0.4 is 5.32 Å². The highest BCUT2D eigenvalue weighted by Crippen LogP contribution is 2.17. The molecular weight excluding hydrogens is 249 g/mol. The van der Waals surface area contributed by atoms with Crippen molar-refractivity contribution in [1.29, 1.82) is 0 Å². The molecule has 0 saturated carbocycles. The molecule has 1 N–H and O–H groups in total. The molecule has 1 unspecified atom stereocenters. The van der Waals surface area contributed by atoms with E-state index in [0.29, 0.717) is 12.1 Å². The predicted molar refractivity (Wildman–Crippen MR) is 83.0 cm³/mol. The normalized spacial score (nSPS) is 12.2. The van der Waals surface area contributed by atoms with Gasteiger partial charge in [0, 0.05) is 12.6 Å². The quantitative estimate of drug-likeness (QED) is 0.842. The molecule has 0 aromatic heterocycles. The molecule has 2 heteroatoms. The summed E-state index contributed by atoms with van der Waals surface area (Å²) < 4.78 is 13.6. The van der Waals surface area contributed by atoms with Crippen LogP contribution in [-0.4, -0.2) is 6.54 Å². The summed E-state index contributed by atoms with van der Waals surface area (Å²) in [6.07, 6.45) is 0. The molecule has 2 rings (SSSR count). The van der Waals surface area contributed by atoms with E-state index in [1.54, 1.807) is 13.0 Å². The van der Waals surface area contributed by atoms with Crippen molar-refractivity contribution in [3.63, 3.8) is 0 Å². The summed E-state index contributed by atoms with van der Waals surface area (Å²) in [6, 6.07) is 15.5. The molecule has 0 aliphatic heterocycles. The number of rotatable bonds is 5. The van der Waals surface area contributed by atoms with Crippen LogP contribution in [0.3, 0.4) is 0 Å². The third-order valence-electron chi connectivity index (χ3n) is 3.50. The second kappa shape index (κ2) is 6.49. The molecule has 0 aliphatic rings. The van der Waals surface area contributed by atoms with Crippen LogP contribution >= 0.6 is 0 Å². The van der Waals surface area contributed by atoms with Crippen molar-refractivity contribution < 1.29 is 4.39 Å². The summed E-state index contributed by atoms with van der Waals surface area (Å²) in [4.78, 5) is 0. The van der Waals surface area contributed by atoms with Gasteiger partial charge < -0.3 is 5.32 Å². The van der Waals surface area contributed by atoms with Crippen molar-refractivity contribution in [3.8, 4) is 0 Å². The van der Waals surface area contributed by atoms with Crippen LogP contribution in [0, 0.1) is 12.7 Å². The minimum absolute atomic E-state index is 0.0885. The number of hydrogen-bond acceptors (Lipinski definition) is 1. The Morgan fingerprint density at radius 1 is 1.20 bits per heavy atom. The molecule has 0 bridgehead atoms. The predicted octanol–water partition coefficient (Wildman–Crippen LogP) is 4.50. The molecule has 0 saturated heterocycles. The third-order valence-corrected chi connectivity index (χ3v) is 3.50. The van der Waals surface area contributed by atoms with Crippen molar-refractivity contribution in [2.75, 3.05) is 6.54 Å². The van der Waals surface area contributed by atoms with Crippen LogP contribution in [0.1, 0.15) is 29.7 Å². The van der Waals surface area contributed by atoms with Gasteiger partial charge in [0.15, 0.2) is 0 Å². The summed E-state index contributed by atoms with van der Waals surface area (Å²) >= 11 is 0. The van der Waals surface area contributed by atoms with E-state index in [-0.39, 0.29) is 11.9 Å². The number of aryl methyl sites for hydroxylation is 1. The molecule has 104 valence electrons. The zero-order valence-corrected chi connectivity index (χ0v) is 12.0. The lowest BCUT2D eigenvalue weighted by Gasteiger charge is -2.16. The molecule has 20 heavy (non-hydrogen) atoms. The van der Waals surface area contributed by atoms with E-state index in [4.69, 9.17) is 0 Å². The first kappa shape index (κ1) is 14.5.